The summed E-state index contributed by atoms with van der Waals surface area (Å²) in [6.45, 7) is 0.323. The minimum absolute atomic E-state index is 0.0263. The number of pyridine rings is 1. The first-order valence-corrected chi connectivity index (χ1v) is 3.94. The van der Waals surface area contributed by atoms with Crippen LogP contribution >= 0.6 is 0 Å². The summed E-state index contributed by atoms with van der Waals surface area (Å²) < 4.78 is 0. The molecule has 1 aliphatic rings. The molecule has 0 unspecified atom stereocenters. The number of hydrogen-bond donors (Lipinski definition) is 2. The number of aromatic nitrogens is 1. The van der Waals surface area contributed by atoms with E-state index in [2.05, 4.69) is 10.3 Å². The van der Waals surface area contributed by atoms with Gasteiger partial charge in [0.05, 0.1) is 12.2 Å². The molecule has 0 bridgehead atoms. The molecular formula is C8H10N4O. The van der Waals surface area contributed by atoms with Gasteiger partial charge in [-0.25, -0.2) is 4.98 Å². The third kappa shape index (κ3) is 1.28. The van der Waals surface area contributed by atoms with E-state index in [1.54, 1.807) is 17.0 Å². The van der Waals surface area contributed by atoms with Crippen molar-refractivity contribution < 1.29 is 4.79 Å². The predicted octanol–water partition coefficient (Wildman–Crippen LogP) is 0.0521. The number of rotatable bonds is 0. The second kappa shape index (κ2) is 2.62. The smallest absolute Gasteiger partial charge is 0.244 e. The van der Waals surface area contributed by atoms with Crippen LogP contribution in [0.2, 0.25) is 0 Å². The van der Waals surface area contributed by atoms with Crippen LogP contribution < -0.4 is 16.0 Å². The number of nitrogens with zero attached hydrogens (tertiary/aromatic N) is 2. The van der Waals surface area contributed by atoms with Gasteiger partial charge in [-0.1, -0.05) is 0 Å². The highest BCUT2D eigenvalue weighted by atomic mass is 16.2. The minimum Gasteiger partial charge on any atom is -0.384 e. The molecule has 5 heteroatoms. The Hall–Kier alpha value is -1.78. The maximum atomic E-state index is 11.1. The third-order valence-corrected chi connectivity index (χ3v) is 1.91. The summed E-state index contributed by atoms with van der Waals surface area (Å²) >= 11 is 0. The predicted molar refractivity (Wildman–Crippen MR) is 50.5 cm³/mol. The SMILES string of the molecule is CN1CC(=O)Nc2ccc(N)nc21. The zero-order valence-corrected chi connectivity index (χ0v) is 7.24. The zero-order chi connectivity index (χ0) is 9.42. The Labute approximate surface area is 75.6 Å². The molecule has 5 nitrogen and oxygen atoms in total. The average Bonchev–Trinajstić information content (AvgIpc) is 2.06. The van der Waals surface area contributed by atoms with Crippen molar-refractivity contribution in [1.29, 1.82) is 0 Å². The Balaban J connectivity index is 2.49. The van der Waals surface area contributed by atoms with Crippen LogP contribution in [-0.2, 0) is 4.79 Å². The summed E-state index contributed by atoms with van der Waals surface area (Å²) in [7, 11) is 1.81. The molecule has 3 N–H and O–H groups in total. The van der Waals surface area contributed by atoms with Gasteiger partial charge >= 0.3 is 0 Å². The maximum absolute atomic E-state index is 11.1. The second-order valence-corrected chi connectivity index (χ2v) is 3.01. The Morgan fingerprint density at radius 2 is 2.38 bits per heavy atom. The first-order chi connectivity index (χ1) is 6.16. The Morgan fingerprint density at radius 1 is 1.62 bits per heavy atom. The van der Waals surface area contributed by atoms with E-state index in [0.29, 0.717) is 18.1 Å². The van der Waals surface area contributed by atoms with Crippen molar-refractivity contribution in [2.24, 2.45) is 0 Å². The molecule has 0 aromatic carbocycles. The molecule has 13 heavy (non-hydrogen) atoms. The number of fused-ring (bicyclic) bond motifs is 1. The average molecular weight is 178 g/mol. The van der Waals surface area contributed by atoms with Crippen LogP contribution in [0.1, 0.15) is 0 Å². The molecule has 0 spiro atoms. The van der Waals surface area contributed by atoms with Gasteiger partial charge in [0, 0.05) is 7.05 Å². The fraction of sp³-hybridized carbons (Fsp3) is 0.250. The van der Waals surface area contributed by atoms with E-state index < -0.39 is 0 Å². The third-order valence-electron chi connectivity index (χ3n) is 1.91. The van der Waals surface area contributed by atoms with Crippen LogP contribution in [0.5, 0.6) is 0 Å². The largest absolute Gasteiger partial charge is 0.384 e. The lowest BCUT2D eigenvalue weighted by Crippen LogP contribution is -2.36. The van der Waals surface area contributed by atoms with E-state index in [9.17, 15) is 4.79 Å². The number of nitrogen functional groups attached to an aromatic ring is 1. The number of carbonyl (C=O) groups excluding carboxylic acids is 1. The molecule has 1 amide bonds. The van der Waals surface area contributed by atoms with E-state index in [1.807, 2.05) is 7.05 Å². The van der Waals surface area contributed by atoms with Crippen molar-refractivity contribution in [3.8, 4) is 0 Å². The first kappa shape index (κ1) is 7.85. The van der Waals surface area contributed by atoms with Crippen molar-refractivity contribution >= 4 is 23.2 Å². The highest BCUT2D eigenvalue weighted by Gasteiger charge is 2.19. The van der Waals surface area contributed by atoms with Crippen LogP contribution in [0, 0.1) is 0 Å². The van der Waals surface area contributed by atoms with Gasteiger partial charge in [-0.2, -0.15) is 0 Å². The van der Waals surface area contributed by atoms with Crippen molar-refractivity contribution in [3.05, 3.63) is 12.1 Å². The molecule has 0 radical (unpaired) electrons. The van der Waals surface area contributed by atoms with Crippen LogP contribution in [0.4, 0.5) is 17.3 Å². The summed E-state index contributed by atoms with van der Waals surface area (Å²) in [6, 6.07) is 3.42. The van der Waals surface area contributed by atoms with Gasteiger partial charge in [0.25, 0.3) is 0 Å². The molecule has 0 saturated carbocycles. The van der Waals surface area contributed by atoms with Crippen molar-refractivity contribution in [1.82, 2.24) is 4.98 Å². The Bertz CT molecular complexity index is 363. The summed E-state index contributed by atoms with van der Waals surface area (Å²) in [5.41, 5.74) is 6.24. The van der Waals surface area contributed by atoms with Crippen molar-refractivity contribution in [2.45, 2.75) is 0 Å². The Kier molecular flexibility index (Phi) is 1.58. The van der Waals surface area contributed by atoms with Gasteiger partial charge in [-0.3, -0.25) is 4.79 Å². The summed E-state index contributed by atoms with van der Waals surface area (Å²) in [4.78, 5) is 17.0. The van der Waals surface area contributed by atoms with Crippen LogP contribution in [0.3, 0.4) is 0 Å². The topological polar surface area (TPSA) is 71.2 Å². The second-order valence-electron chi connectivity index (χ2n) is 3.01. The number of anilines is 3. The number of carbonyl (C=O) groups is 1. The summed E-state index contributed by atoms with van der Waals surface area (Å²) in [5, 5.41) is 2.72. The number of hydrogen-bond acceptors (Lipinski definition) is 4. The molecule has 0 saturated heterocycles. The Morgan fingerprint density at radius 3 is 3.15 bits per heavy atom. The van der Waals surface area contributed by atoms with Gasteiger partial charge < -0.3 is 16.0 Å². The van der Waals surface area contributed by atoms with Crippen LogP contribution in [-0.4, -0.2) is 24.5 Å². The van der Waals surface area contributed by atoms with Gasteiger partial charge in [-0.15, -0.1) is 0 Å². The molecule has 2 heterocycles. The number of nitrogens with two attached hydrogens (primary N) is 1. The quantitative estimate of drug-likeness (QED) is 0.589. The number of amides is 1. The van der Waals surface area contributed by atoms with E-state index in [-0.39, 0.29) is 5.91 Å². The highest BCUT2D eigenvalue weighted by molar-refractivity contribution is 6.00. The van der Waals surface area contributed by atoms with E-state index in [1.165, 1.54) is 0 Å². The molecule has 1 aromatic heterocycles. The van der Waals surface area contributed by atoms with E-state index in [0.717, 1.165) is 5.82 Å². The molecular weight excluding hydrogens is 168 g/mol. The molecule has 0 aliphatic carbocycles. The van der Waals surface area contributed by atoms with Gasteiger partial charge in [0.1, 0.15) is 5.82 Å². The highest BCUT2D eigenvalue weighted by Crippen LogP contribution is 2.26. The molecule has 2 rings (SSSR count). The molecule has 1 aromatic rings. The first-order valence-electron chi connectivity index (χ1n) is 3.94. The van der Waals surface area contributed by atoms with E-state index in [4.69, 9.17) is 5.73 Å². The lowest BCUT2D eigenvalue weighted by Gasteiger charge is -2.25. The molecule has 0 fully saturated rings. The molecule has 68 valence electrons. The standard InChI is InChI=1S/C8H10N4O/c1-12-4-7(13)10-5-2-3-6(9)11-8(5)12/h2-3H,4H2,1H3,(H2,9,11)(H,10,13). The van der Waals surface area contributed by atoms with Gasteiger partial charge in [0.2, 0.25) is 5.91 Å². The normalized spacial score (nSPS) is 15.2. The fourth-order valence-corrected chi connectivity index (χ4v) is 1.33. The van der Waals surface area contributed by atoms with E-state index >= 15 is 0 Å². The molecule has 1 aliphatic heterocycles. The van der Waals surface area contributed by atoms with Crippen molar-refractivity contribution in [3.63, 3.8) is 0 Å². The monoisotopic (exact) mass is 178 g/mol. The lowest BCUT2D eigenvalue weighted by molar-refractivity contribution is -0.115. The zero-order valence-electron chi connectivity index (χ0n) is 7.24. The van der Waals surface area contributed by atoms with Crippen molar-refractivity contribution in [2.75, 3.05) is 29.5 Å². The summed E-state index contributed by atoms with van der Waals surface area (Å²) in [5.74, 6) is 1.16. The van der Waals surface area contributed by atoms with Crippen LogP contribution in [0.25, 0.3) is 0 Å². The lowest BCUT2D eigenvalue weighted by atomic mass is 10.3. The fourth-order valence-electron chi connectivity index (χ4n) is 1.33. The van der Waals surface area contributed by atoms with Crippen LogP contribution in [0.15, 0.2) is 12.1 Å². The number of nitrogens with one attached hydrogen (secondary N) is 1. The van der Waals surface area contributed by atoms with Gasteiger partial charge in [0.15, 0.2) is 5.82 Å². The number of likely N-dealkylation sites (N-methyl/N-ethyl adjacent to an activating group) is 1. The summed E-state index contributed by atoms with van der Waals surface area (Å²) in [6.07, 6.45) is 0. The minimum atomic E-state index is -0.0263. The van der Waals surface area contributed by atoms with Gasteiger partial charge in [-0.05, 0) is 12.1 Å². The maximum Gasteiger partial charge on any atom is 0.244 e. The molecule has 0 atom stereocenters.